The van der Waals surface area contributed by atoms with Crippen molar-refractivity contribution in [2.45, 2.75) is 33.1 Å². The van der Waals surface area contributed by atoms with Gasteiger partial charge in [-0.1, -0.05) is 45.2 Å². The third-order valence-corrected chi connectivity index (χ3v) is 4.33. The predicted octanol–water partition coefficient (Wildman–Crippen LogP) is 7.29. The van der Waals surface area contributed by atoms with Crippen LogP contribution in [0.4, 0.5) is 0 Å². The van der Waals surface area contributed by atoms with Gasteiger partial charge in [-0.3, -0.25) is 0 Å². The molecule has 0 aliphatic heterocycles. The van der Waals surface area contributed by atoms with E-state index in [0.717, 1.165) is 0 Å². The third-order valence-electron chi connectivity index (χ3n) is 4.33. The van der Waals surface area contributed by atoms with E-state index in [1.165, 1.54) is 75.3 Å². The van der Waals surface area contributed by atoms with Crippen LogP contribution in [0.1, 0.15) is 30.9 Å². The Morgan fingerprint density at radius 2 is 1.56 bits per heavy atom. The molecule has 0 fully saturated rings. The Hall–Kier alpha value is -1.24. The summed E-state index contributed by atoms with van der Waals surface area (Å²) in [5, 5.41) is 5.52. The normalized spacial score (nSPS) is 9.22. The zero-order chi connectivity index (χ0) is 18.1. The standard InChI is InChI=1S/C13H15.C10H9.2CH3.Si.Zr/c1-2-3-6-11-9-10-12-7-4-5-8-13(11)12;1-8-6-9-4-2-3-5-10(9)7-8;;;;/h4-5,7-10H,2-3,6H2,1H3;2-7H,1H3;2*1H3;;/q4*-1;;. The molecule has 0 aliphatic carbocycles. The summed E-state index contributed by atoms with van der Waals surface area (Å²) < 4.78 is 0. The molecule has 0 saturated carbocycles. The summed E-state index contributed by atoms with van der Waals surface area (Å²) in [5.74, 6) is 0. The summed E-state index contributed by atoms with van der Waals surface area (Å²) in [6, 6.07) is 26.0. The summed E-state index contributed by atoms with van der Waals surface area (Å²) >= 11 is 1.36. The van der Waals surface area contributed by atoms with Crippen LogP contribution in [0.25, 0.3) is 21.5 Å². The van der Waals surface area contributed by atoms with E-state index >= 15 is 0 Å². The first-order valence-electron chi connectivity index (χ1n) is 8.78. The average Bonchev–Trinajstić information content (AvgIpc) is 3.24. The van der Waals surface area contributed by atoms with Crippen molar-refractivity contribution in [3.8, 4) is 0 Å². The van der Waals surface area contributed by atoms with Crippen molar-refractivity contribution in [1.29, 1.82) is 0 Å². The van der Waals surface area contributed by atoms with Crippen molar-refractivity contribution < 1.29 is 23.3 Å². The Bertz CT molecular complexity index is 868. The van der Waals surface area contributed by atoms with Crippen molar-refractivity contribution in [1.82, 2.24) is 0 Å². The molecule has 4 aromatic carbocycles. The topological polar surface area (TPSA) is 0 Å². The number of hydrogen-bond acceptors (Lipinski definition) is 0. The zero-order valence-electron chi connectivity index (χ0n) is 17.0. The molecule has 0 spiro atoms. The Kier molecular flexibility index (Phi) is 13.2. The van der Waals surface area contributed by atoms with Gasteiger partial charge in [0.1, 0.15) is 0 Å². The molecule has 142 valence electrons. The first-order valence-corrected chi connectivity index (χ1v) is 13.0. The molecule has 4 aromatic rings. The van der Waals surface area contributed by atoms with Gasteiger partial charge in [-0.2, -0.15) is 11.6 Å². The van der Waals surface area contributed by atoms with E-state index in [-0.39, 0.29) is 14.9 Å². The molecule has 0 aliphatic rings. The minimum absolute atomic E-state index is 0. The Balaban J connectivity index is 0.000000439. The molecule has 0 atom stereocenters. The fourth-order valence-corrected chi connectivity index (χ4v) is 3.11. The van der Waals surface area contributed by atoms with Gasteiger partial charge >= 0.3 is 30.2 Å². The summed E-state index contributed by atoms with van der Waals surface area (Å²) in [4.78, 5) is 0. The summed E-state index contributed by atoms with van der Waals surface area (Å²) in [6.45, 7) is 7.43. The van der Waals surface area contributed by atoms with Gasteiger partial charge in [0.2, 0.25) is 0 Å². The number of hydrogen-bond donors (Lipinski definition) is 0. The number of fused-ring (bicyclic) bond motifs is 2. The van der Waals surface area contributed by atoms with Gasteiger partial charge in [0.25, 0.3) is 0 Å². The fraction of sp³-hybridized carbons (Fsp3) is 0.200. The Morgan fingerprint density at radius 3 is 2.22 bits per heavy atom. The molecule has 2 heteroatoms. The molecule has 0 nitrogen and oxygen atoms in total. The molecule has 2 radical (unpaired) electrons. The molecule has 0 aromatic heterocycles. The molecule has 0 heterocycles. The molecule has 27 heavy (non-hydrogen) atoms. The van der Waals surface area contributed by atoms with Crippen LogP contribution in [-0.2, 0) is 29.8 Å². The average molecular weight is 450 g/mol. The first-order chi connectivity index (χ1) is 12.3. The van der Waals surface area contributed by atoms with Crippen molar-refractivity contribution in [3.05, 3.63) is 98.8 Å². The van der Waals surface area contributed by atoms with Gasteiger partial charge in [0, 0.05) is 0 Å². The molecular formula is C25H30SiZr-4. The summed E-state index contributed by atoms with van der Waals surface area (Å²) in [5.41, 5.74) is 2.86. The fourth-order valence-electron chi connectivity index (χ4n) is 3.11. The van der Waals surface area contributed by atoms with Crippen molar-refractivity contribution in [3.63, 3.8) is 0 Å². The van der Waals surface area contributed by atoms with Crippen molar-refractivity contribution in [2.24, 2.45) is 0 Å². The van der Waals surface area contributed by atoms with Crippen LogP contribution in [0, 0.1) is 21.8 Å². The molecule has 0 bridgehead atoms. The maximum absolute atomic E-state index is 3.06. The van der Waals surface area contributed by atoms with Gasteiger partial charge in [-0.05, 0) is 0 Å². The van der Waals surface area contributed by atoms with Crippen LogP contribution >= 0.6 is 0 Å². The molecule has 0 N–H and O–H groups in total. The van der Waals surface area contributed by atoms with E-state index in [1.807, 2.05) is 0 Å². The second kappa shape index (κ2) is 13.9. The van der Waals surface area contributed by atoms with Crippen LogP contribution in [0.15, 0.2) is 72.8 Å². The first kappa shape index (κ1) is 25.8. The quantitative estimate of drug-likeness (QED) is 0.227. The van der Waals surface area contributed by atoms with Gasteiger partial charge in [-0.25, -0.2) is 0 Å². The summed E-state index contributed by atoms with van der Waals surface area (Å²) in [6.07, 6.45) is 3.80. The predicted molar refractivity (Wildman–Crippen MR) is 121 cm³/mol. The van der Waals surface area contributed by atoms with Gasteiger partial charge in [0.05, 0.1) is 0 Å². The van der Waals surface area contributed by atoms with E-state index in [0.29, 0.717) is 0 Å². The monoisotopic (exact) mass is 448 g/mol. The van der Waals surface area contributed by atoms with Crippen molar-refractivity contribution >= 4 is 28.4 Å². The van der Waals surface area contributed by atoms with Crippen molar-refractivity contribution in [2.75, 3.05) is 0 Å². The van der Waals surface area contributed by atoms with E-state index in [1.54, 1.807) is 0 Å². The van der Waals surface area contributed by atoms with E-state index in [9.17, 15) is 0 Å². The summed E-state index contributed by atoms with van der Waals surface area (Å²) in [7, 11) is 0. The van der Waals surface area contributed by atoms with E-state index < -0.39 is 0 Å². The number of rotatable bonds is 3. The number of unbranched alkanes of at least 4 members (excludes halogenated alkanes) is 1. The SMILES string of the molecule is CCCCc1c[cH-]c2ccccc12.Cc1cc2ccccc2[cH-]1.[CH3-].[CH3-].[Si]=[Zr]. The Labute approximate surface area is 182 Å². The van der Waals surface area contributed by atoms with E-state index in [2.05, 4.69) is 93.5 Å². The molecule has 0 unspecified atom stereocenters. The molecule has 0 saturated heterocycles. The number of benzene rings is 2. The molecular weight excluding hydrogens is 420 g/mol. The molecule has 4 rings (SSSR count). The zero-order valence-corrected chi connectivity index (χ0v) is 20.5. The van der Waals surface area contributed by atoms with Crippen LogP contribution < -0.4 is 0 Å². The number of aryl methyl sites for hydroxylation is 2. The second-order valence-corrected chi connectivity index (χ2v) is 6.21. The molecule has 0 amide bonds. The van der Waals surface area contributed by atoms with Crippen LogP contribution in [0.3, 0.4) is 0 Å². The van der Waals surface area contributed by atoms with Crippen LogP contribution in [0.5, 0.6) is 0 Å². The third kappa shape index (κ3) is 7.35. The van der Waals surface area contributed by atoms with Crippen LogP contribution in [0.2, 0.25) is 0 Å². The van der Waals surface area contributed by atoms with Crippen LogP contribution in [-0.4, -0.2) is 6.88 Å². The van der Waals surface area contributed by atoms with Gasteiger partial charge in [-0.15, -0.1) is 81.7 Å². The maximum atomic E-state index is 3.06. The van der Waals surface area contributed by atoms with E-state index in [4.69, 9.17) is 0 Å². The van der Waals surface area contributed by atoms with Gasteiger partial charge in [0.15, 0.2) is 0 Å². The Morgan fingerprint density at radius 1 is 0.926 bits per heavy atom. The second-order valence-electron chi connectivity index (χ2n) is 6.21. The van der Waals surface area contributed by atoms with Gasteiger partial charge < -0.3 is 14.9 Å². The minimum atomic E-state index is 0.